The first kappa shape index (κ1) is 19.5. The molecule has 0 aliphatic carbocycles. The monoisotopic (exact) mass is 348 g/mol. The minimum Gasteiger partial charge on any atom is -0.393 e. The van der Waals surface area contributed by atoms with Gasteiger partial charge >= 0.3 is 6.03 Å². The van der Waals surface area contributed by atoms with Crippen LogP contribution >= 0.6 is 0 Å². The molecule has 0 aromatic carbocycles. The van der Waals surface area contributed by atoms with Crippen molar-refractivity contribution >= 4 is 11.8 Å². The Morgan fingerprint density at radius 2 is 2.08 bits per heavy atom. The van der Waals surface area contributed by atoms with E-state index in [2.05, 4.69) is 20.5 Å². The summed E-state index contributed by atoms with van der Waals surface area (Å²) in [7, 11) is 0. The van der Waals surface area contributed by atoms with Crippen molar-refractivity contribution in [3.63, 3.8) is 0 Å². The quantitative estimate of drug-likeness (QED) is 0.738. The van der Waals surface area contributed by atoms with Crippen LogP contribution in [0.15, 0.2) is 18.2 Å². The zero-order valence-electron chi connectivity index (χ0n) is 15.9. The molecule has 2 amide bonds. The first-order chi connectivity index (χ1) is 11.7. The fourth-order valence-electron chi connectivity index (χ4n) is 3.39. The number of rotatable bonds is 6. The van der Waals surface area contributed by atoms with Crippen LogP contribution in [0.4, 0.5) is 10.6 Å². The smallest absolute Gasteiger partial charge is 0.315 e. The third kappa shape index (κ3) is 6.53. The lowest BCUT2D eigenvalue weighted by molar-refractivity contribution is 0.128. The first-order valence-electron chi connectivity index (χ1n) is 9.16. The highest BCUT2D eigenvalue weighted by Crippen LogP contribution is 2.21. The van der Waals surface area contributed by atoms with E-state index in [1.165, 1.54) is 0 Å². The Morgan fingerprint density at radius 1 is 1.40 bits per heavy atom. The van der Waals surface area contributed by atoms with Crippen LogP contribution in [0.25, 0.3) is 0 Å². The van der Waals surface area contributed by atoms with Gasteiger partial charge in [-0.2, -0.15) is 0 Å². The van der Waals surface area contributed by atoms with E-state index in [9.17, 15) is 9.90 Å². The number of hydrogen-bond donors (Lipinski definition) is 3. The second-order valence-corrected chi connectivity index (χ2v) is 7.94. The molecule has 0 spiro atoms. The third-order valence-corrected chi connectivity index (χ3v) is 4.60. The molecule has 25 heavy (non-hydrogen) atoms. The molecular weight excluding hydrogens is 316 g/mol. The molecule has 1 unspecified atom stereocenters. The number of urea groups is 1. The standard InChI is InChI=1S/C19H32N4O2/c1-14-6-5-7-17(21-14)23-10-8-16(9-11-23)22-18(25)20-13-19(3,4)12-15(2)24/h5-7,15-16,24H,8-13H2,1-4H3,(H2,20,22,25). The van der Waals surface area contributed by atoms with Gasteiger partial charge in [-0.3, -0.25) is 0 Å². The number of carbonyl (C=O) groups is 1. The average molecular weight is 348 g/mol. The highest BCUT2D eigenvalue weighted by Gasteiger charge is 2.24. The van der Waals surface area contributed by atoms with Crippen molar-refractivity contribution in [2.24, 2.45) is 5.41 Å². The summed E-state index contributed by atoms with van der Waals surface area (Å²) in [4.78, 5) is 19.0. The highest BCUT2D eigenvalue weighted by molar-refractivity contribution is 5.74. The van der Waals surface area contributed by atoms with Crippen molar-refractivity contribution in [3.8, 4) is 0 Å². The Hall–Kier alpha value is -1.82. The number of aromatic nitrogens is 1. The normalized spacial score (nSPS) is 17.2. The fourth-order valence-corrected chi connectivity index (χ4v) is 3.39. The molecule has 0 saturated carbocycles. The summed E-state index contributed by atoms with van der Waals surface area (Å²) in [5.41, 5.74) is 0.906. The number of anilines is 1. The number of pyridine rings is 1. The van der Waals surface area contributed by atoms with Crippen LogP contribution in [0.5, 0.6) is 0 Å². The van der Waals surface area contributed by atoms with Crippen LogP contribution in [0.3, 0.4) is 0 Å². The van der Waals surface area contributed by atoms with E-state index >= 15 is 0 Å². The predicted octanol–water partition coefficient (Wildman–Crippen LogP) is 2.46. The second kappa shape index (κ2) is 8.52. The van der Waals surface area contributed by atoms with E-state index in [1.807, 2.05) is 39.0 Å². The Balaban J connectivity index is 1.73. The molecule has 1 aliphatic heterocycles. The lowest BCUT2D eigenvalue weighted by atomic mass is 9.87. The van der Waals surface area contributed by atoms with Crippen LogP contribution in [-0.2, 0) is 0 Å². The zero-order valence-corrected chi connectivity index (χ0v) is 15.9. The maximum atomic E-state index is 12.1. The van der Waals surface area contributed by atoms with Crippen LogP contribution in [0.2, 0.25) is 0 Å². The molecule has 0 radical (unpaired) electrons. The van der Waals surface area contributed by atoms with E-state index in [0.29, 0.717) is 13.0 Å². The molecule has 1 saturated heterocycles. The van der Waals surface area contributed by atoms with E-state index in [-0.39, 0.29) is 23.6 Å². The van der Waals surface area contributed by atoms with Crippen molar-refractivity contribution in [2.75, 3.05) is 24.5 Å². The number of nitrogens with zero attached hydrogens (tertiary/aromatic N) is 2. The molecule has 0 bridgehead atoms. The molecule has 1 fully saturated rings. The van der Waals surface area contributed by atoms with Crippen LogP contribution in [0, 0.1) is 12.3 Å². The number of aliphatic hydroxyl groups is 1. The summed E-state index contributed by atoms with van der Waals surface area (Å²) in [6, 6.07) is 6.15. The molecular formula is C19H32N4O2. The summed E-state index contributed by atoms with van der Waals surface area (Å²) in [5, 5.41) is 15.5. The molecule has 6 heteroatoms. The molecule has 6 nitrogen and oxygen atoms in total. The number of hydrogen-bond acceptors (Lipinski definition) is 4. The maximum absolute atomic E-state index is 12.1. The summed E-state index contributed by atoms with van der Waals surface area (Å²) < 4.78 is 0. The number of aliphatic hydroxyl groups excluding tert-OH is 1. The summed E-state index contributed by atoms with van der Waals surface area (Å²) >= 11 is 0. The molecule has 1 aromatic heterocycles. The number of piperidine rings is 1. The van der Waals surface area contributed by atoms with E-state index in [0.717, 1.165) is 37.4 Å². The number of amides is 2. The first-order valence-corrected chi connectivity index (χ1v) is 9.16. The molecule has 2 rings (SSSR count). The van der Waals surface area contributed by atoms with Gasteiger partial charge in [-0.25, -0.2) is 9.78 Å². The fraction of sp³-hybridized carbons (Fsp3) is 0.684. The summed E-state index contributed by atoms with van der Waals surface area (Å²) in [5.74, 6) is 1.02. The SMILES string of the molecule is Cc1cccc(N2CCC(NC(=O)NCC(C)(C)CC(C)O)CC2)n1. The van der Waals surface area contributed by atoms with Gasteiger partial charge in [0.15, 0.2) is 0 Å². The van der Waals surface area contributed by atoms with Crippen molar-refractivity contribution in [1.82, 2.24) is 15.6 Å². The number of aryl methyl sites for hydroxylation is 1. The second-order valence-electron chi connectivity index (χ2n) is 7.94. The highest BCUT2D eigenvalue weighted by atomic mass is 16.3. The minimum atomic E-state index is -0.362. The third-order valence-electron chi connectivity index (χ3n) is 4.60. The Labute approximate surface area is 151 Å². The van der Waals surface area contributed by atoms with Gasteiger partial charge < -0.3 is 20.6 Å². The molecule has 1 atom stereocenters. The van der Waals surface area contributed by atoms with Crippen LogP contribution in [-0.4, -0.2) is 47.9 Å². The Bertz CT molecular complexity index is 566. The van der Waals surface area contributed by atoms with Crippen molar-refractivity contribution in [2.45, 2.75) is 59.1 Å². The molecule has 1 aliphatic rings. The molecule has 3 N–H and O–H groups in total. The van der Waals surface area contributed by atoms with Gasteiger partial charge in [-0.15, -0.1) is 0 Å². The lowest BCUT2D eigenvalue weighted by Gasteiger charge is -2.33. The molecule has 140 valence electrons. The topological polar surface area (TPSA) is 77.5 Å². The zero-order chi connectivity index (χ0) is 18.4. The van der Waals surface area contributed by atoms with E-state index in [4.69, 9.17) is 0 Å². The Kier molecular flexibility index (Phi) is 6.64. The van der Waals surface area contributed by atoms with Crippen LogP contribution < -0.4 is 15.5 Å². The van der Waals surface area contributed by atoms with Gasteiger partial charge in [0.1, 0.15) is 5.82 Å². The average Bonchev–Trinajstić information content (AvgIpc) is 2.53. The van der Waals surface area contributed by atoms with Gasteiger partial charge in [-0.05, 0) is 50.7 Å². The summed E-state index contributed by atoms with van der Waals surface area (Å²) in [6.07, 6.45) is 2.13. The largest absolute Gasteiger partial charge is 0.393 e. The van der Waals surface area contributed by atoms with E-state index in [1.54, 1.807) is 6.92 Å². The molecule has 1 aromatic rings. The maximum Gasteiger partial charge on any atom is 0.315 e. The minimum absolute atomic E-state index is 0.119. The van der Waals surface area contributed by atoms with Gasteiger partial charge in [-0.1, -0.05) is 19.9 Å². The number of carbonyl (C=O) groups excluding carboxylic acids is 1. The molecule has 2 heterocycles. The van der Waals surface area contributed by atoms with Crippen molar-refractivity contribution < 1.29 is 9.90 Å². The van der Waals surface area contributed by atoms with E-state index < -0.39 is 0 Å². The summed E-state index contributed by atoms with van der Waals surface area (Å²) in [6.45, 7) is 10.2. The lowest BCUT2D eigenvalue weighted by Crippen LogP contribution is -2.49. The van der Waals surface area contributed by atoms with Gasteiger partial charge in [0.2, 0.25) is 0 Å². The van der Waals surface area contributed by atoms with Crippen LogP contribution in [0.1, 0.15) is 45.7 Å². The van der Waals surface area contributed by atoms with Gasteiger partial charge in [0, 0.05) is 31.4 Å². The predicted molar refractivity (Wildman–Crippen MR) is 101 cm³/mol. The van der Waals surface area contributed by atoms with Crippen molar-refractivity contribution in [3.05, 3.63) is 23.9 Å². The van der Waals surface area contributed by atoms with Gasteiger partial charge in [0.25, 0.3) is 0 Å². The number of nitrogens with one attached hydrogen (secondary N) is 2. The van der Waals surface area contributed by atoms with Crippen molar-refractivity contribution in [1.29, 1.82) is 0 Å². The van der Waals surface area contributed by atoms with Gasteiger partial charge in [0.05, 0.1) is 6.10 Å². The Morgan fingerprint density at radius 3 is 2.68 bits per heavy atom.